The number of piperidine rings is 1. The summed E-state index contributed by atoms with van der Waals surface area (Å²) in [5, 5.41) is 10.9. The molecule has 2 N–H and O–H groups in total. The maximum Gasteiger partial charge on any atom is 0.152 e. The van der Waals surface area contributed by atoms with Crippen molar-refractivity contribution in [3.05, 3.63) is 65.0 Å². The Morgan fingerprint density at radius 2 is 1.82 bits per heavy atom. The fourth-order valence-corrected chi connectivity index (χ4v) is 3.90. The molecular weight excluding hydrogens is 348 g/mol. The number of aromatic nitrogens is 2. The summed E-state index contributed by atoms with van der Waals surface area (Å²) in [4.78, 5) is 2.59. The van der Waals surface area contributed by atoms with E-state index in [-0.39, 0.29) is 0 Å². The standard InChI is InChI=1S/C23H30N4O/c1-17-9-11-27(12-10-17)16-20-6-4-3-5-19(20)13-24-14-21-15-25-26-23(21)22-8-7-18(2)28-22/h3-8,15,17,24H,9-14,16H2,1-2H3,(H,25,26). The average molecular weight is 379 g/mol. The number of aryl methyl sites for hydroxylation is 1. The molecular formula is C23H30N4O. The number of likely N-dealkylation sites (tertiary alicyclic amines) is 1. The summed E-state index contributed by atoms with van der Waals surface area (Å²) in [6.45, 7) is 9.39. The van der Waals surface area contributed by atoms with Crippen molar-refractivity contribution in [2.24, 2.45) is 5.92 Å². The minimum atomic E-state index is 0.751. The van der Waals surface area contributed by atoms with E-state index in [0.29, 0.717) is 0 Å². The van der Waals surface area contributed by atoms with E-state index in [2.05, 4.69) is 51.6 Å². The molecule has 3 aromatic rings. The molecule has 148 valence electrons. The largest absolute Gasteiger partial charge is 0.460 e. The molecule has 1 aromatic carbocycles. The van der Waals surface area contributed by atoms with Crippen LogP contribution in [-0.2, 0) is 19.6 Å². The number of nitrogens with one attached hydrogen (secondary N) is 2. The van der Waals surface area contributed by atoms with Gasteiger partial charge in [0.1, 0.15) is 11.5 Å². The van der Waals surface area contributed by atoms with Crippen LogP contribution >= 0.6 is 0 Å². The van der Waals surface area contributed by atoms with Crippen molar-refractivity contribution in [3.63, 3.8) is 0 Å². The quantitative estimate of drug-likeness (QED) is 0.636. The molecule has 3 heterocycles. The molecule has 1 fully saturated rings. The van der Waals surface area contributed by atoms with Crippen LogP contribution in [0, 0.1) is 12.8 Å². The first-order valence-electron chi connectivity index (χ1n) is 10.3. The van der Waals surface area contributed by atoms with Gasteiger partial charge in [0.25, 0.3) is 0 Å². The van der Waals surface area contributed by atoms with E-state index in [1.165, 1.54) is 37.1 Å². The number of nitrogens with zero attached hydrogens (tertiary/aromatic N) is 2. The van der Waals surface area contributed by atoms with Crippen molar-refractivity contribution < 1.29 is 4.42 Å². The Kier molecular flexibility index (Phi) is 5.93. The molecule has 28 heavy (non-hydrogen) atoms. The SMILES string of the molecule is Cc1ccc(-c2[nH]ncc2CNCc2ccccc2CN2CCC(C)CC2)o1. The number of H-pyrrole nitrogens is 1. The molecule has 1 aliphatic rings. The van der Waals surface area contributed by atoms with Crippen LogP contribution in [0.2, 0.25) is 0 Å². The van der Waals surface area contributed by atoms with Crippen molar-refractivity contribution in [1.82, 2.24) is 20.4 Å². The summed E-state index contributed by atoms with van der Waals surface area (Å²) in [5.41, 5.74) is 4.88. The zero-order valence-electron chi connectivity index (χ0n) is 16.9. The third-order valence-electron chi connectivity index (χ3n) is 5.72. The van der Waals surface area contributed by atoms with Gasteiger partial charge in [-0.2, -0.15) is 5.10 Å². The van der Waals surface area contributed by atoms with E-state index in [1.54, 1.807) is 0 Å². The Balaban J connectivity index is 1.37. The molecule has 4 rings (SSSR count). The Morgan fingerprint density at radius 1 is 1.07 bits per heavy atom. The van der Waals surface area contributed by atoms with Crippen molar-refractivity contribution in [2.75, 3.05) is 13.1 Å². The highest BCUT2D eigenvalue weighted by molar-refractivity contribution is 5.56. The van der Waals surface area contributed by atoms with E-state index in [9.17, 15) is 0 Å². The lowest BCUT2D eigenvalue weighted by Crippen LogP contribution is -2.32. The van der Waals surface area contributed by atoms with Gasteiger partial charge in [-0.05, 0) is 62.0 Å². The van der Waals surface area contributed by atoms with Gasteiger partial charge < -0.3 is 9.73 Å². The van der Waals surface area contributed by atoms with Crippen molar-refractivity contribution in [1.29, 1.82) is 0 Å². The second kappa shape index (κ2) is 8.76. The van der Waals surface area contributed by atoms with Gasteiger partial charge in [0.15, 0.2) is 5.76 Å². The molecule has 1 saturated heterocycles. The minimum Gasteiger partial charge on any atom is -0.460 e. The summed E-state index contributed by atoms with van der Waals surface area (Å²) in [7, 11) is 0. The maximum absolute atomic E-state index is 5.74. The van der Waals surface area contributed by atoms with Gasteiger partial charge in [-0.3, -0.25) is 10.00 Å². The Morgan fingerprint density at radius 3 is 2.57 bits per heavy atom. The fourth-order valence-electron chi connectivity index (χ4n) is 3.90. The van der Waals surface area contributed by atoms with Crippen LogP contribution in [0.15, 0.2) is 47.0 Å². The number of rotatable bonds is 7. The second-order valence-corrected chi connectivity index (χ2v) is 8.01. The first-order chi connectivity index (χ1) is 13.7. The Hall–Kier alpha value is -2.37. The van der Waals surface area contributed by atoms with Gasteiger partial charge in [0, 0.05) is 25.2 Å². The molecule has 5 heteroatoms. The van der Waals surface area contributed by atoms with Gasteiger partial charge in [-0.1, -0.05) is 31.2 Å². The summed E-state index contributed by atoms with van der Waals surface area (Å²) in [6.07, 6.45) is 4.51. The highest BCUT2D eigenvalue weighted by atomic mass is 16.3. The molecule has 0 unspecified atom stereocenters. The number of furan rings is 1. The van der Waals surface area contributed by atoms with Crippen LogP contribution in [0.3, 0.4) is 0 Å². The third kappa shape index (κ3) is 4.54. The second-order valence-electron chi connectivity index (χ2n) is 8.01. The topological polar surface area (TPSA) is 57.1 Å². The molecule has 0 radical (unpaired) electrons. The normalized spacial score (nSPS) is 15.9. The van der Waals surface area contributed by atoms with E-state index < -0.39 is 0 Å². The van der Waals surface area contributed by atoms with E-state index in [4.69, 9.17) is 4.42 Å². The third-order valence-corrected chi connectivity index (χ3v) is 5.72. The lowest BCUT2D eigenvalue weighted by Gasteiger charge is -2.30. The van der Waals surface area contributed by atoms with Crippen molar-refractivity contribution in [2.45, 2.75) is 46.3 Å². The number of hydrogen-bond donors (Lipinski definition) is 2. The predicted molar refractivity (Wildman–Crippen MR) is 112 cm³/mol. The molecule has 1 aliphatic heterocycles. The van der Waals surface area contributed by atoms with Crippen LogP contribution in [0.4, 0.5) is 0 Å². The smallest absolute Gasteiger partial charge is 0.152 e. The zero-order valence-corrected chi connectivity index (χ0v) is 16.9. The van der Waals surface area contributed by atoms with Crippen LogP contribution in [0.25, 0.3) is 11.5 Å². The molecule has 5 nitrogen and oxygen atoms in total. The predicted octanol–water partition coefficient (Wildman–Crippen LogP) is 4.50. The minimum absolute atomic E-state index is 0.751. The summed E-state index contributed by atoms with van der Waals surface area (Å²) < 4.78 is 5.74. The number of benzene rings is 1. The van der Waals surface area contributed by atoms with Crippen LogP contribution < -0.4 is 5.32 Å². The molecule has 0 spiro atoms. The first kappa shape index (κ1) is 19.0. The summed E-state index contributed by atoms with van der Waals surface area (Å²) >= 11 is 0. The highest BCUT2D eigenvalue weighted by Gasteiger charge is 2.17. The summed E-state index contributed by atoms with van der Waals surface area (Å²) in [6, 6.07) is 12.8. The first-order valence-corrected chi connectivity index (χ1v) is 10.3. The van der Waals surface area contributed by atoms with Gasteiger partial charge in [0.2, 0.25) is 0 Å². The molecule has 0 atom stereocenters. The van der Waals surface area contributed by atoms with Gasteiger partial charge in [0.05, 0.1) is 6.20 Å². The monoisotopic (exact) mass is 378 g/mol. The molecule has 2 aromatic heterocycles. The molecule has 0 aliphatic carbocycles. The van der Waals surface area contributed by atoms with Crippen molar-refractivity contribution in [3.8, 4) is 11.5 Å². The number of aromatic amines is 1. The van der Waals surface area contributed by atoms with Crippen molar-refractivity contribution >= 4 is 0 Å². The van der Waals surface area contributed by atoms with Gasteiger partial charge >= 0.3 is 0 Å². The van der Waals surface area contributed by atoms with E-state index in [1.807, 2.05) is 25.3 Å². The van der Waals surface area contributed by atoms with Crippen LogP contribution in [0.5, 0.6) is 0 Å². The van der Waals surface area contributed by atoms with Crippen LogP contribution in [-0.4, -0.2) is 28.2 Å². The summed E-state index contributed by atoms with van der Waals surface area (Å²) in [5.74, 6) is 2.62. The fraction of sp³-hybridized carbons (Fsp3) is 0.435. The Bertz CT molecular complexity index is 889. The number of hydrogen-bond acceptors (Lipinski definition) is 4. The average Bonchev–Trinajstić information content (AvgIpc) is 3.33. The Labute approximate surface area is 167 Å². The van der Waals surface area contributed by atoms with Crippen LogP contribution in [0.1, 0.15) is 42.2 Å². The molecule has 0 saturated carbocycles. The van der Waals surface area contributed by atoms with Gasteiger partial charge in [-0.25, -0.2) is 0 Å². The highest BCUT2D eigenvalue weighted by Crippen LogP contribution is 2.23. The van der Waals surface area contributed by atoms with E-state index >= 15 is 0 Å². The molecule has 0 bridgehead atoms. The lowest BCUT2D eigenvalue weighted by molar-refractivity contribution is 0.185. The molecule has 0 amide bonds. The zero-order chi connectivity index (χ0) is 19.3. The maximum atomic E-state index is 5.74. The van der Waals surface area contributed by atoms with E-state index in [0.717, 1.165) is 48.3 Å². The lowest BCUT2D eigenvalue weighted by atomic mass is 9.98. The van der Waals surface area contributed by atoms with Gasteiger partial charge in [-0.15, -0.1) is 0 Å².